The van der Waals surface area contributed by atoms with Gasteiger partial charge in [-0.05, 0) is 19.4 Å². The van der Waals surface area contributed by atoms with E-state index in [0.29, 0.717) is 0 Å². The molecule has 0 unspecified atom stereocenters. The van der Waals surface area contributed by atoms with Crippen molar-refractivity contribution in [3.63, 3.8) is 0 Å². The third kappa shape index (κ3) is 1.84. The molecule has 0 saturated carbocycles. The number of nitro groups is 1. The Balaban J connectivity index is 3.31. The van der Waals surface area contributed by atoms with Crippen LogP contribution in [0.2, 0.25) is 0 Å². The number of alkyl halides is 2. The molecule has 0 saturated heterocycles. The van der Waals surface area contributed by atoms with Crippen LogP contribution in [0.15, 0.2) is 6.07 Å². The van der Waals surface area contributed by atoms with Crippen LogP contribution in [0.25, 0.3) is 0 Å². The fourth-order valence-corrected chi connectivity index (χ4v) is 1.12. The second-order valence-electron chi connectivity index (χ2n) is 2.85. The maximum Gasteiger partial charge on any atom is 0.290 e. The van der Waals surface area contributed by atoms with Crippen molar-refractivity contribution in [2.24, 2.45) is 0 Å². The SMILES string of the molecule is Cc1cc([N+](=O)[O-])c(C)nc1C(F)F. The lowest BCUT2D eigenvalue weighted by Crippen LogP contribution is -2.01. The van der Waals surface area contributed by atoms with Gasteiger partial charge in [0, 0.05) is 6.07 Å². The average Bonchev–Trinajstić information content (AvgIpc) is 2.07. The molecule has 0 aliphatic rings. The summed E-state index contributed by atoms with van der Waals surface area (Å²) in [5, 5.41) is 10.4. The molecule has 1 aromatic rings. The third-order valence-corrected chi connectivity index (χ3v) is 1.82. The summed E-state index contributed by atoms with van der Waals surface area (Å²) in [4.78, 5) is 13.3. The normalized spacial score (nSPS) is 10.6. The molecule has 0 aliphatic heterocycles. The zero-order chi connectivity index (χ0) is 10.9. The van der Waals surface area contributed by atoms with Crippen molar-refractivity contribution in [3.8, 4) is 0 Å². The van der Waals surface area contributed by atoms with Gasteiger partial charge >= 0.3 is 0 Å². The minimum absolute atomic E-state index is 0.0101. The van der Waals surface area contributed by atoms with Crippen LogP contribution in [-0.4, -0.2) is 9.91 Å². The van der Waals surface area contributed by atoms with Crippen LogP contribution >= 0.6 is 0 Å². The van der Waals surface area contributed by atoms with E-state index in [1.807, 2.05) is 0 Å². The largest absolute Gasteiger partial charge is 0.290 e. The molecule has 0 N–H and O–H groups in total. The highest BCUT2D eigenvalue weighted by molar-refractivity contribution is 5.40. The van der Waals surface area contributed by atoms with E-state index in [0.717, 1.165) is 6.07 Å². The van der Waals surface area contributed by atoms with Gasteiger partial charge in [-0.3, -0.25) is 10.1 Å². The van der Waals surface area contributed by atoms with Gasteiger partial charge in [0.25, 0.3) is 12.1 Å². The molecule has 76 valence electrons. The first kappa shape index (κ1) is 10.5. The Labute approximate surface area is 78.7 Å². The Morgan fingerprint density at radius 3 is 2.50 bits per heavy atom. The predicted molar refractivity (Wildman–Crippen MR) is 45.3 cm³/mol. The molecule has 0 fully saturated rings. The van der Waals surface area contributed by atoms with E-state index in [-0.39, 0.29) is 16.9 Å². The molecule has 6 heteroatoms. The number of nitrogens with zero attached hydrogens (tertiary/aromatic N) is 2. The van der Waals surface area contributed by atoms with Crippen molar-refractivity contribution in [1.29, 1.82) is 0 Å². The maximum atomic E-state index is 12.3. The molecule has 0 radical (unpaired) electrons. The molecule has 0 amide bonds. The minimum Gasteiger partial charge on any atom is -0.258 e. The number of rotatable bonds is 2. The topological polar surface area (TPSA) is 56.0 Å². The van der Waals surface area contributed by atoms with Gasteiger partial charge in [0.1, 0.15) is 11.4 Å². The Kier molecular flexibility index (Phi) is 2.73. The molecule has 4 nitrogen and oxygen atoms in total. The predicted octanol–water partition coefficient (Wildman–Crippen LogP) is 2.54. The fourth-order valence-electron chi connectivity index (χ4n) is 1.12. The molecule has 0 aromatic carbocycles. The minimum atomic E-state index is -2.70. The molecule has 1 heterocycles. The Bertz CT molecular complexity index is 380. The smallest absolute Gasteiger partial charge is 0.258 e. The first-order valence-corrected chi connectivity index (χ1v) is 3.84. The summed E-state index contributed by atoms with van der Waals surface area (Å²) >= 11 is 0. The summed E-state index contributed by atoms with van der Waals surface area (Å²) < 4.78 is 24.6. The van der Waals surface area contributed by atoms with Gasteiger partial charge in [0.05, 0.1) is 4.92 Å². The summed E-state index contributed by atoms with van der Waals surface area (Å²) in [6.45, 7) is 2.71. The van der Waals surface area contributed by atoms with Crippen molar-refractivity contribution >= 4 is 5.69 Å². The zero-order valence-electron chi connectivity index (χ0n) is 7.62. The van der Waals surface area contributed by atoms with Crippen molar-refractivity contribution in [1.82, 2.24) is 4.98 Å². The van der Waals surface area contributed by atoms with Crippen molar-refractivity contribution < 1.29 is 13.7 Å². The number of aryl methyl sites for hydroxylation is 2. The van der Waals surface area contributed by atoms with E-state index in [9.17, 15) is 18.9 Å². The molecular weight excluding hydrogens is 194 g/mol. The third-order valence-electron chi connectivity index (χ3n) is 1.82. The highest BCUT2D eigenvalue weighted by Crippen LogP contribution is 2.25. The summed E-state index contributed by atoms with van der Waals surface area (Å²) in [6.07, 6.45) is -2.70. The quantitative estimate of drug-likeness (QED) is 0.547. The standard InChI is InChI=1S/C8H8F2N2O2/c1-4-3-6(12(13)14)5(2)11-7(4)8(9)10/h3,8H,1-2H3. The lowest BCUT2D eigenvalue weighted by Gasteiger charge is -2.04. The molecule has 0 bridgehead atoms. The van der Waals surface area contributed by atoms with E-state index in [2.05, 4.69) is 4.98 Å². The highest BCUT2D eigenvalue weighted by atomic mass is 19.3. The first-order chi connectivity index (χ1) is 6.43. The van der Waals surface area contributed by atoms with E-state index in [1.54, 1.807) is 0 Å². The van der Waals surface area contributed by atoms with E-state index < -0.39 is 17.0 Å². The molecule has 0 atom stereocenters. The average molecular weight is 202 g/mol. The molecule has 14 heavy (non-hydrogen) atoms. The molecule has 1 rings (SSSR count). The van der Waals surface area contributed by atoms with Gasteiger partial charge in [-0.1, -0.05) is 0 Å². The zero-order valence-corrected chi connectivity index (χ0v) is 7.62. The van der Waals surface area contributed by atoms with Crippen LogP contribution in [0.5, 0.6) is 0 Å². The number of halogens is 2. The van der Waals surface area contributed by atoms with Crippen molar-refractivity contribution in [2.45, 2.75) is 20.3 Å². The maximum absolute atomic E-state index is 12.3. The van der Waals surface area contributed by atoms with Gasteiger partial charge in [-0.25, -0.2) is 13.8 Å². The van der Waals surface area contributed by atoms with E-state index in [1.165, 1.54) is 13.8 Å². The summed E-state index contributed by atoms with van der Waals surface area (Å²) in [5.74, 6) is 0. The summed E-state index contributed by atoms with van der Waals surface area (Å²) in [5.41, 5.74) is -0.479. The molecule has 0 aliphatic carbocycles. The van der Waals surface area contributed by atoms with E-state index in [4.69, 9.17) is 0 Å². The van der Waals surface area contributed by atoms with Gasteiger partial charge in [-0.15, -0.1) is 0 Å². The number of hydrogen-bond acceptors (Lipinski definition) is 3. The Hall–Kier alpha value is -1.59. The summed E-state index contributed by atoms with van der Waals surface area (Å²) in [6, 6.07) is 1.11. The number of pyridine rings is 1. The summed E-state index contributed by atoms with van der Waals surface area (Å²) in [7, 11) is 0. The highest BCUT2D eigenvalue weighted by Gasteiger charge is 2.19. The van der Waals surface area contributed by atoms with Crippen molar-refractivity contribution in [3.05, 3.63) is 33.1 Å². The second kappa shape index (κ2) is 3.65. The van der Waals surface area contributed by atoms with Gasteiger partial charge in [0.15, 0.2) is 0 Å². The van der Waals surface area contributed by atoms with Crippen LogP contribution in [0.4, 0.5) is 14.5 Å². The second-order valence-corrected chi connectivity index (χ2v) is 2.85. The lowest BCUT2D eigenvalue weighted by atomic mass is 10.2. The lowest BCUT2D eigenvalue weighted by molar-refractivity contribution is -0.385. The van der Waals surface area contributed by atoms with Crippen LogP contribution in [0, 0.1) is 24.0 Å². The molecule has 0 spiro atoms. The number of hydrogen-bond donors (Lipinski definition) is 0. The monoisotopic (exact) mass is 202 g/mol. The van der Waals surface area contributed by atoms with Crippen LogP contribution < -0.4 is 0 Å². The van der Waals surface area contributed by atoms with Crippen LogP contribution in [0.1, 0.15) is 23.4 Å². The Morgan fingerprint density at radius 1 is 1.50 bits per heavy atom. The fraction of sp³-hybridized carbons (Fsp3) is 0.375. The van der Waals surface area contributed by atoms with Crippen LogP contribution in [-0.2, 0) is 0 Å². The van der Waals surface area contributed by atoms with E-state index >= 15 is 0 Å². The molecule has 1 aromatic heterocycles. The van der Waals surface area contributed by atoms with Crippen LogP contribution in [0.3, 0.4) is 0 Å². The molecular formula is C8H8F2N2O2. The van der Waals surface area contributed by atoms with Crippen molar-refractivity contribution in [2.75, 3.05) is 0 Å². The Morgan fingerprint density at radius 2 is 2.07 bits per heavy atom. The van der Waals surface area contributed by atoms with Gasteiger partial charge in [-0.2, -0.15) is 0 Å². The van der Waals surface area contributed by atoms with Gasteiger partial charge < -0.3 is 0 Å². The number of aromatic nitrogens is 1. The van der Waals surface area contributed by atoms with Gasteiger partial charge in [0.2, 0.25) is 0 Å². The first-order valence-electron chi connectivity index (χ1n) is 3.84.